The summed E-state index contributed by atoms with van der Waals surface area (Å²) in [5.74, 6) is 1.22. The summed E-state index contributed by atoms with van der Waals surface area (Å²) in [7, 11) is -2.88. The Morgan fingerprint density at radius 3 is 2.28 bits per heavy atom. The van der Waals surface area contributed by atoms with Crippen LogP contribution in [0.3, 0.4) is 0 Å². The predicted octanol–water partition coefficient (Wildman–Crippen LogP) is 4.32. The molecule has 3 heteroatoms. The summed E-state index contributed by atoms with van der Waals surface area (Å²) in [5, 5.41) is 1.43. The highest BCUT2D eigenvalue weighted by atomic mass is 32.2. The molecule has 0 aromatic rings. The molecule has 0 saturated heterocycles. The van der Waals surface area contributed by atoms with Gasteiger partial charge in [-0.2, -0.15) is 0 Å². The number of rotatable bonds is 9. The lowest BCUT2D eigenvalue weighted by atomic mass is 9.85. The Morgan fingerprint density at radius 1 is 1.06 bits per heavy atom. The SMILES string of the molecule is CCCCCCC(CCCC)C1C=CS(=O)(=O)C1. The Balaban J connectivity index is 2.43. The van der Waals surface area contributed by atoms with Crippen LogP contribution in [0.25, 0.3) is 0 Å². The lowest BCUT2D eigenvalue weighted by Gasteiger charge is -2.21. The van der Waals surface area contributed by atoms with E-state index in [0.29, 0.717) is 11.7 Å². The molecule has 106 valence electrons. The van der Waals surface area contributed by atoms with Crippen LogP contribution in [0.1, 0.15) is 65.2 Å². The third-order valence-electron chi connectivity index (χ3n) is 3.92. The van der Waals surface area contributed by atoms with Crippen LogP contribution >= 0.6 is 0 Å². The van der Waals surface area contributed by atoms with E-state index in [1.165, 1.54) is 56.8 Å². The second kappa shape index (κ2) is 7.98. The van der Waals surface area contributed by atoms with E-state index in [1.54, 1.807) is 0 Å². The molecule has 1 rings (SSSR count). The molecule has 0 radical (unpaired) electrons. The lowest BCUT2D eigenvalue weighted by Crippen LogP contribution is -2.17. The maximum absolute atomic E-state index is 11.5. The molecule has 0 fully saturated rings. The van der Waals surface area contributed by atoms with Crippen molar-refractivity contribution in [1.29, 1.82) is 0 Å². The molecule has 0 bridgehead atoms. The van der Waals surface area contributed by atoms with Gasteiger partial charge in [0.25, 0.3) is 0 Å². The van der Waals surface area contributed by atoms with E-state index in [4.69, 9.17) is 0 Å². The molecule has 1 heterocycles. The van der Waals surface area contributed by atoms with Gasteiger partial charge in [0.15, 0.2) is 9.84 Å². The van der Waals surface area contributed by atoms with E-state index < -0.39 is 9.84 Å². The maximum Gasteiger partial charge on any atom is 0.171 e. The first-order valence-corrected chi connectivity index (χ1v) is 9.21. The molecule has 1 aliphatic rings. The van der Waals surface area contributed by atoms with Crippen molar-refractivity contribution < 1.29 is 8.42 Å². The highest BCUT2D eigenvalue weighted by Gasteiger charge is 2.28. The van der Waals surface area contributed by atoms with Crippen molar-refractivity contribution in [3.8, 4) is 0 Å². The summed E-state index contributed by atoms with van der Waals surface area (Å²) in [5.41, 5.74) is 0. The molecule has 0 aromatic carbocycles. The Kier molecular flexibility index (Phi) is 6.98. The second-order valence-electron chi connectivity index (χ2n) is 5.57. The molecule has 2 atom stereocenters. The molecule has 18 heavy (non-hydrogen) atoms. The summed E-state index contributed by atoms with van der Waals surface area (Å²) in [6.07, 6.45) is 11.9. The smallest absolute Gasteiger partial charge is 0.171 e. The minimum Gasteiger partial charge on any atom is -0.224 e. The summed E-state index contributed by atoms with van der Waals surface area (Å²) in [6.45, 7) is 4.43. The zero-order chi connectivity index (χ0) is 13.4. The lowest BCUT2D eigenvalue weighted by molar-refractivity contribution is 0.345. The number of hydrogen-bond acceptors (Lipinski definition) is 2. The van der Waals surface area contributed by atoms with Gasteiger partial charge in [0.1, 0.15) is 0 Å². The molecule has 0 aliphatic carbocycles. The maximum atomic E-state index is 11.5. The van der Waals surface area contributed by atoms with E-state index in [1.807, 2.05) is 6.08 Å². The van der Waals surface area contributed by atoms with Crippen molar-refractivity contribution in [2.45, 2.75) is 65.2 Å². The van der Waals surface area contributed by atoms with Crippen LogP contribution in [0, 0.1) is 11.8 Å². The van der Waals surface area contributed by atoms with E-state index in [2.05, 4.69) is 13.8 Å². The van der Waals surface area contributed by atoms with Crippen LogP contribution in [0.5, 0.6) is 0 Å². The van der Waals surface area contributed by atoms with Crippen molar-refractivity contribution in [2.24, 2.45) is 11.8 Å². The van der Waals surface area contributed by atoms with Crippen LogP contribution in [-0.2, 0) is 9.84 Å². The molecule has 1 aliphatic heterocycles. The number of sulfone groups is 1. The minimum atomic E-state index is -2.88. The van der Waals surface area contributed by atoms with Gasteiger partial charge in [0.05, 0.1) is 5.75 Å². The molecular weight excluding hydrogens is 244 g/mol. The number of hydrogen-bond donors (Lipinski definition) is 0. The first-order valence-electron chi connectivity index (χ1n) is 7.50. The summed E-state index contributed by atoms with van der Waals surface area (Å²) >= 11 is 0. The van der Waals surface area contributed by atoms with E-state index >= 15 is 0 Å². The zero-order valence-corrected chi connectivity index (χ0v) is 12.7. The summed E-state index contributed by atoms with van der Waals surface area (Å²) in [4.78, 5) is 0. The van der Waals surface area contributed by atoms with E-state index in [9.17, 15) is 8.42 Å². The van der Waals surface area contributed by atoms with Gasteiger partial charge < -0.3 is 0 Å². The first kappa shape index (κ1) is 15.7. The van der Waals surface area contributed by atoms with Gasteiger partial charge in [-0.15, -0.1) is 0 Å². The standard InChI is InChI=1S/C15H28O2S/c1-3-5-7-8-10-14(9-6-4-2)15-11-12-18(16,17)13-15/h11-12,14-15H,3-10,13H2,1-2H3. The first-order chi connectivity index (χ1) is 8.59. The van der Waals surface area contributed by atoms with Crippen LogP contribution in [-0.4, -0.2) is 14.2 Å². The monoisotopic (exact) mass is 272 g/mol. The normalized spacial score (nSPS) is 23.3. The van der Waals surface area contributed by atoms with Crippen LogP contribution in [0.2, 0.25) is 0 Å². The molecule has 0 N–H and O–H groups in total. The van der Waals surface area contributed by atoms with Crippen molar-refractivity contribution in [3.05, 3.63) is 11.5 Å². The third-order valence-corrected chi connectivity index (χ3v) is 5.34. The van der Waals surface area contributed by atoms with Gasteiger partial charge in [-0.05, 0) is 24.7 Å². The van der Waals surface area contributed by atoms with Gasteiger partial charge >= 0.3 is 0 Å². The van der Waals surface area contributed by atoms with Crippen molar-refractivity contribution in [2.75, 3.05) is 5.75 Å². The van der Waals surface area contributed by atoms with E-state index in [0.717, 1.165) is 0 Å². The average Bonchev–Trinajstić information content (AvgIpc) is 2.69. The minimum absolute atomic E-state index is 0.281. The highest BCUT2D eigenvalue weighted by molar-refractivity contribution is 7.94. The Bertz CT molecular complexity index is 344. The van der Waals surface area contributed by atoms with Gasteiger partial charge in [0.2, 0.25) is 0 Å². The molecule has 2 nitrogen and oxygen atoms in total. The quantitative estimate of drug-likeness (QED) is 0.586. The Hall–Kier alpha value is -0.310. The zero-order valence-electron chi connectivity index (χ0n) is 11.9. The fourth-order valence-corrected chi connectivity index (χ4v) is 4.24. The Morgan fingerprint density at radius 2 is 1.72 bits per heavy atom. The molecule has 0 spiro atoms. The summed E-state index contributed by atoms with van der Waals surface area (Å²) in [6, 6.07) is 0. The highest BCUT2D eigenvalue weighted by Crippen LogP contribution is 2.31. The molecule has 0 aromatic heterocycles. The van der Waals surface area contributed by atoms with Gasteiger partial charge in [-0.3, -0.25) is 0 Å². The fraction of sp³-hybridized carbons (Fsp3) is 0.867. The summed E-state index contributed by atoms with van der Waals surface area (Å²) < 4.78 is 23.0. The van der Waals surface area contributed by atoms with Crippen LogP contribution < -0.4 is 0 Å². The molecule has 0 amide bonds. The topological polar surface area (TPSA) is 34.1 Å². The molecule has 2 unspecified atom stereocenters. The molecular formula is C15H28O2S. The van der Waals surface area contributed by atoms with Crippen LogP contribution in [0.4, 0.5) is 0 Å². The van der Waals surface area contributed by atoms with Gasteiger partial charge in [-0.25, -0.2) is 8.42 Å². The average molecular weight is 272 g/mol. The third kappa shape index (κ3) is 5.55. The predicted molar refractivity (Wildman–Crippen MR) is 78.2 cm³/mol. The second-order valence-corrected chi connectivity index (χ2v) is 7.50. The van der Waals surface area contributed by atoms with E-state index in [-0.39, 0.29) is 5.92 Å². The molecule has 0 saturated carbocycles. The van der Waals surface area contributed by atoms with Crippen LogP contribution in [0.15, 0.2) is 11.5 Å². The number of allylic oxidation sites excluding steroid dienone is 1. The Labute approximate surface area is 113 Å². The van der Waals surface area contributed by atoms with Crippen molar-refractivity contribution in [3.63, 3.8) is 0 Å². The fourth-order valence-electron chi connectivity index (χ4n) is 2.77. The number of unbranched alkanes of at least 4 members (excludes halogenated alkanes) is 4. The van der Waals surface area contributed by atoms with Crippen molar-refractivity contribution >= 4 is 9.84 Å². The largest absolute Gasteiger partial charge is 0.224 e. The van der Waals surface area contributed by atoms with Gasteiger partial charge in [-0.1, -0.05) is 58.4 Å². The van der Waals surface area contributed by atoms with Gasteiger partial charge in [0, 0.05) is 5.41 Å². The van der Waals surface area contributed by atoms with Crippen molar-refractivity contribution in [1.82, 2.24) is 0 Å².